The summed E-state index contributed by atoms with van der Waals surface area (Å²) >= 11 is 0. The van der Waals surface area contributed by atoms with Gasteiger partial charge in [0, 0.05) is 5.57 Å². The monoisotopic (exact) mass is 213 g/mol. The van der Waals surface area contributed by atoms with Crippen LogP contribution in [0, 0.1) is 5.92 Å². The summed E-state index contributed by atoms with van der Waals surface area (Å²) in [7, 11) is 0. The van der Waals surface area contributed by atoms with Gasteiger partial charge in [0.1, 0.15) is 0 Å². The smallest absolute Gasteiger partial charge is 0.333 e. The maximum absolute atomic E-state index is 11.5. The second-order valence-electron chi connectivity index (χ2n) is 3.67. The van der Waals surface area contributed by atoms with Crippen LogP contribution in [0.1, 0.15) is 39.5 Å². The molecule has 0 atom stereocenters. The average molecular weight is 213 g/mol. The van der Waals surface area contributed by atoms with Gasteiger partial charge in [-0.25, -0.2) is 4.79 Å². The molecule has 0 heterocycles. The summed E-state index contributed by atoms with van der Waals surface area (Å²) in [6, 6.07) is 0. The summed E-state index contributed by atoms with van der Waals surface area (Å²) in [5.41, 5.74) is 5.94. The molecule has 0 aliphatic rings. The van der Waals surface area contributed by atoms with Crippen molar-refractivity contribution in [2.45, 2.75) is 39.5 Å². The molecule has 0 fully saturated rings. The fourth-order valence-electron chi connectivity index (χ4n) is 1.45. The largest absolute Gasteiger partial charge is 0.462 e. The van der Waals surface area contributed by atoms with Gasteiger partial charge < -0.3 is 10.5 Å². The molecule has 3 heteroatoms. The van der Waals surface area contributed by atoms with E-state index < -0.39 is 0 Å². The number of hydrogen-bond donors (Lipinski definition) is 1. The molecule has 15 heavy (non-hydrogen) atoms. The van der Waals surface area contributed by atoms with Crippen LogP contribution in [0.15, 0.2) is 12.2 Å². The van der Waals surface area contributed by atoms with Crippen molar-refractivity contribution in [1.29, 1.82) is 0 Å². The first kappa shape index (κ1) is 14.2. The molecule has 0 bridgehead atoms. The van der Waals surface area contributed by atoms with Crippen LogP contribution in [-0.4, -0.2) is 19.1 Å². The maximum atomic E-state index is 11.5. The molecule has 0 aromatic carbocycles. The molecule has 0 rings (SSSR count). The highest BCUT2D eigenvalue weighted by Crippen LogP contribution is 2.18. The maximum Gasteiger partial charge on any atom is 0.333 e. The lowest BCUT2D eigenvalue weighted by molar-refractivity contribution is -0.139. The third kappa shape index (κ3) is 5.57. The number of rotatable bonds is 8. The molecule has 0 amide bonds. The van der Waals surface area contributed by atoms with Gasteiger partial charge in [-0.1, -0.05) is 20.4 Å². The van der Waals surface area contributed by atoms with Crippen LogP contribution >= 0.6 is 0 Å². The van der Waals surface area contributed by atoms with Crippen molar-refractivity contribution in [2.24, 2.45) is 11.7 Å². The van der Waals surface area contributed by atoms with Crippen molar-refractivity contribution in [2.75, 3.05) is 13.2 Å². The van der Waals surface area contributed by atoms with E-state index in [1.807, 2.05) is 0 Å². The topological polar surface area (TPSA) is 52.3 Å². The summed E-state index contributed by atoms with van der Waals surface area (Å²) < 4.78 is 5.10. The van der Waals surface area contributed by atoms with Crippen molar-refractivity contribution < 1.29 is 9.53 Å². The molecule has 0 unspecified atom stereocenters. The fraction of sp³-hybridized carbons (Fsp3) is 0.750. The van der Waals surface area contributed by atoms with Crippen LogP contribution in [0.2, 0.25) is 0 Å². The van der Waals surface area contributed by atoms with Gasteiger partial charge in [0.2, 0.25) is 0 Å². The van der Waals surface area contributed by atoms with E-state index in [1.165, 1.54) is 0 Å². The number of carbonyl (C=O) groups excluding carboxylic acids is 1. The van der Waals surface area contributed by atoms with Gasteiger partial charge in [-0.15, -0.1) is 0 Å². The number of unbranched alkanes of at least 4 members (excludes halogenated alkanes) is 1. The zero-order valence-electron chi connectivity index (χ0n) is 9.92. The van der Waals surface area contributed by atoms with E-state index in [4.69, 9.17) is 10.5 Å². The Morgan fingerprint density at radius 3 is 2.40 bits per heavy atom. The van der Waals surface area contributed by atoms with E-state index in [9.17, 15) is 4.79 Å². The summed E-state index contributed by atoms with van der Waals surface area (Å²) in [5.74, 6) is 0.00716. The van der Waals surface area contributed by atoms with E-state index >= 15 is 0 Å². The lowest BCUT2D eigenvalue weighted by atomic mass is 9.95. The first-order valence-electron chi connectivity index (χ1n) is 5.73. The highest BCUT2D eigenvalue weighted by molar-refractivity contribution is 5.88. The van der Waals surface area contributed by atoms with Gasteiger partial charge in [0.05, 0.1) is 6.61 Å². The zero-order chi connectivity index (χ0) is 11.7. The molecule has 0 aromatic rings. The quantitative estimate of drug-likeness (QED) is 0.382. The molecule has 3 nitrogen and oxygen atoms in total. The Bertz CT molecular complexity index is 198. The summed E-state index contributed by atoms with van der Waals surface area (Å²) in [6.45, 7) is 9.01. The predicted molar refractivity (Wildman–Crippen MR) is 62.5 cm³/mol. The van der Waals surface area contributed by atoms with E-state index in [0.717, 1.165) is 25.7 Å². The van der Waals surface area contributed by atoms with Gasteiger partial charge in [-0.3, -0.25) is 0 Å². The summed E-state index contributed by atoms with van der Waals surface area (Å²) in [5, 5.41) is 0. The average Bonchev–Trinajstić information content (AvgIpc) is 2.25. The number of esters is 1. The van der Waals surface area contributed by atoms with Crippen molar-refractivity contribution in [3.05, 3.63) is 12.2 Å². The van der Waals surface area contributed by atoms with Gasteiger partial charge in [0.25, 0.3) is 0 Å². The Morgan fingerprint density at radius 1 is 1.33 bits per heavy atom. The van der Waals surface area contributed by atoms with E-state index in [0.29, 0.717) is 18.7 Å². The van der Waals surface area contributed by atoms with Crippen molar-refractivity contribution in [3.8, 4) is 0 Å². The van der Waals surface area contributed by atoms with Crippen molar-refractivity contribution in [3.63, 3.8) is 0 Å². The van der Waals surface area contributed by atoms with Gasteiger partial charge in [-0.2, -0.15) is 0 Å². The second kappa shape index (κ2) is 8.48. The Morgan fingerprint density at radius 2 is 1.93 bits per heavy atom. The zero-order valence-corrected chi connectivity index (χ0v) is 9.92. The first-order chi connectivity index (χ1) is 7.17. The van der Waals surface area contributed by atoms with Crippen molar-refractivity contribution in [1.82, 2.24) is 0 Å². The summed E-state index contributed by atoms with van der Waals surface area (Å²) in [6.07, 6.45) is 3.60. The molecule has 0 saturated heterocycles. The number of ether oxygens (including phenoxy) is 1. The number of nitrogens with two attached hydrogens (primary N) is 1. The van der Waals surface area contributed by atoms with E-state index in [1.54, 1.807) is 0 Å². The molecule has 0 spiro atoms. The van der Waals surface area contributed by atoms with Gasteiger partial charge in [0.15, 0.2) is 0 Å². The fourth-order valence-corrected chi connectivity index (χ4v) is 1.45. The minimum Gasteiger partial charge on any atom is -0.462 e. The molecule has 0 aromatic heterocycles. The molecule has 0 radical (unpaired) electrons. The normalized spacial score (nSPS) is 10.4. The Kier molecular flexibility index (Phi) is 8.01. The predicted octanol–water partition coefficient (Wildman–Crippen LogP) is 2.26. The van der Waals surface area contributed by atoms with Gasteiger partial charge in [-0.05, 0) is 38.1 Å². The molecule has 88 valence electrons. The minimum atomic E-state index is -0.249. The van der Waals surface area contributed by atoms with Crippen LogP contribution in [0.5, 0.6) is 0 Å². The molecular formula is C12H23NO2. The minimum absolute atomic E-state index is 0.249. The third-order valence-corrected chi connectivity index (χ3v) is 2.57. The van der Waals surface area contributed by atoms with Crippen LogP contribution in [0.25, 0.3) is 0 Å². The second-order valence-corrected chi connectivity index (χ2v) is 3.67. The Hall–Kier alpha value is -0.830. The van der Waals surface area contributed by atoms with Crippen LogP contribution in [-0.2, 0) is 9.53 Å². The first-order valence-corrected chi connectivity index (χ1v) is 5.73. The molecule has 2 N–H and O–H groups in total. The highest BCUT2D eigenvalue weighted by Gasteiger charge is 2.16. The molecule has 0 aliphatic heterocycles. The van der Waals surface area contributed by atoms with E-state index in [-0.39, 0.29) is 11.9 Å². The Labute approximate surface area is 92.7 Å². The van der Waals surface area contributed by atoms with Crippen LogP contribution in [0.4, 0.5) is 0 Å². The van der Waals surface area contributed by atoms with E-state index in [2.05, 4.69) is 20.4 Å². The van der Waals surface area contributed by atoms with Crippen LogP contribution in [0.3, 0.4) is 0 Å². The van der Waals surface area contributed by atoms with Crippen molar-refractivity contribution >= 4 is 5.97 Å². The van der Waals surface area contributed by atoms with Gasteiger partial charge >= 0.3 is 5.97 Å². The summed E-state index contributed by atoms with van der Waals surface area (Å²) in [4.78, 5) is 11.5. The SMILES string of the molecule is C=C(C(=O)OCCCCN)C(CC)CC. The molecule has 0 aliphatic carbocycles. The third-order valence-electron chi connectivity index (χ3n) is 2.57. The van der Waals surface area contributed by atoms with Crippen LogP contribution < -0.4 is 5.73 Å². The molecular weight excluding hydrogens is 190 g/mol. The number of carbonyl (C=O) groups is 1. The lowest BCUT2D eigenvalue weighted by Gasteiger charge is -2.14. The standard InChI is InChI=1S/C12H23NO2/c1-4-11(5-2)10(3)12(14)15-9-7-6-8-13/h11H,3-9,13H2,1-2H3. The lowest BCUT2D eigenvalue weighted by Crippen LogP contribution is -2.15. The Balaban J connectivity index is 3.83. The number of hydrogen-bond acceptors (Lipinski definition) is 3. The highest BCUT2D eigenvalue weighted by atomic mass is 16.5. The molecule has 0 saturated carbocycles.